The van der Waals surface area contributed by atoms with E-state index in [2.05, 4.69) is 28.7 Å². The predicted molar refractivity (Wildman–Crippen MR) is 86.8 cm³/mol. The fourth-order valence-electron chi connectivity index (χ4n) is 2.33. The molecular weight excluding hydrogens is 264 g/mol. The standard InChI is InChI=1S/C16H28N4O/c1-6-10-20(11-7-2)16-17-13(5)12-14(18-16)15(21)19(8-3)9-4/h12H,6-11H2,1-5H3. The molecule has 1 heterocycles. The van der Waals surface area contributed by atoms with Gasteiger partial charge in [-0.2, -0.15) is 0 Å². The zero-order valence-electron chi connectivity index (χ0n) is 14.0. The number of aromatic nitrogens is 2. The van der Waals surface area contributed by atoms with Gasteiger partial charge in [-0.05, 0) is 39.7 Å². The Morgan fingerprint density at radius 2 is 1.62 bits per heavy atom. The molecule has 0 aromatic carbocycles. The molecule has 5 heteroatoms. The summed E-state index contributed by atoms with van der Waals surface area (Å²) in [4.78, 5) is 25.4. The van der Waals surface area contributed by atoms with Crippen LogP contribution in [0.2, 0.25) is 0 Å². The lowest BCUT2D eigenvalue weighted by Gasteiger charge is -2.23. The van der Waals surface area contributed by atoms with Crippen molar-refractivity contribution in [2.45, 2.75) is 47.5 Å². The molecule has 0 radical (unpaired) electrons. The van der Waals surface area contributed by atoms with Crippen molar-refractivity contribution in [3.63, 3.8) is 0 Å². The van der Waals surface area contributed by atoms with E-state index in [1.165, 1.54) is 0 Å². The van der Waals surface area contributed by atoms with E-state index < -0.39 is 0 Å². The largest absolute Gasteiger partial charge is 0.341 e. The van der Waals surface area contributed by atoms with Gasteiger partial charge < -0.3 is 9.80 Å². The molecule has 0 N–H and O–H groups in total. The molecule has 5 nitrogen and oxygen atoms in total. The Hall–Kier alpha value is -1.65. The summed E-state index contributed by atoms with van der Waals surface area (Å²) in [5.41, 5.74) is 1.34. The van der Waals surface area contributed by atoms with Gasteiger partial charge in [-0.1, -0.05) is 13.8 Å². The van der Waals surface area contributed by atoms with Gasteiger partial charge in [0.1, 0.15) is 5.69 Å². The highest BCUT2D eigenvalue weighted by Gasteiger charge is 2.17. The number of hydrogen-bond donors (Lipinski definition) is 0. The molecular formula is C16H28N4O. The van der Waals surface area contributed by atoms with Crippen LogP contribution < -0.4 is 4.90 Å². The lowest BCUT2D eigenvalue weighted by Crippen LogP contribution is -2.33. The normalized spacial score (nSPS) is 10.5. The summed E-state index contributed by atoms with van der Waals surface area (Å²) in [6.07, 6.45) is 2.08. The van der Waals surface area contributed by atoms with Gasteiger partial charge >= 0.3 is 0 Å². The summed E-state index contributed by atoms with van der Waals surface area (Å²) < 4.78 is 0. The van der Waals surface area contributed by atoms with Gasteiger partial charge in [0.05, 0.1) is 0 Å². The topological polar surface area (TPSA) is 49.3 Å². The van der Waals surface area contributed by atoms with Crippen molar-refractivity contribution in [2.24, 2.45) is 0 Å². The number of carbonyl (C=O) groups is 1. The molecule has 0 bridgehead atoms. The second-order valence-corrected chi connectivity index (χ2v) is 5.16. The van der Waals surface area contributed by atoms with E-state index in [9.17, 15) is 4.79 Å². The third kappa shape index (κ3) is 4.69. The summed E-state index contributed by atoms with van der Waals surface area (Å²) >= 11 is 0. The zero-order valence-corrected chi connectivity index (χ0v) is 14.0. The third-order valence-corrected chi connectivity index (χ3v) is 3.38. The van der Waals surface area contributed by atoms with Crippen LogP contribution in [0.15, 0.2) is 6.07 Å². The minimum atomic E-state index is -0.0142. The molecule has 1 amide bonds. The highest BCUT2D eigenvalue weighted by atomic mass is 16.2. The number of amides is 1. The van der Waals surface area contributed by atoms with Crippen molar-refractivity contribution >= 4 is 11.9 Å². The van der Waals surface area contributed by atoms with E-state index >= 15 is 0 Å². The fraction of sp³-hybridized carbons (Fsp3) is 0.688. The minimum absolute atomic E-state index is 0.0142. The molecule has 1 rings (SSSR count). The molecule has 0 saturated carbocycles. The lowest BCUT2D eigenvalue weighted by atomic mass is 10.3. The molecule has 0 aliphatic carbocycles. The van der Waals surface area contributed by atoms with Gasteiger partial charge in [0.2, 0.25) is 5.95 Å². The molecule has 0 unspecified atom stereocenters. The van der Waals surface area contributed by atoms with Gasteiger partial charge in [0.15, 0.2) is 0 Å². The van der Waals surface area contributed by atoms with Crippen LogP contribution in [0.1, 0.15) is 56.7 Å². The summed E-state index contributed by atoms with van der Waals surface area (Å²) in [5, 5.41) is 0. The molecule has 1 aromatic rings. The quantitative estimate of drug-likeness (QED) is 0.739. The Morgan fingerprint density at radius 3 is 2.10 bits per heavy atom. The lowest BCUT2D eigenvalue weighted by molar-refractivity contribution is 0.0767. The number of aryl methyl sites for hydroxylation is 1. The number of carbonyl (C=O) groups excluding carboxylic acids is 1. The number of nitrogens with zero attached hydrogens (tertiary/aromatic N) is 4. The maximum atomic E-state index is 12.5. The Bertz CT molecular complexity index is 452. The Balaban J connectivity index is 3.10. The summed E-state index contributed by atoms with van der Waals surface area (Å²) in [7, 11) is 0. The van der Waals surface area contributed by atoms with Gasteiger partial charge in [-0.15, -0.1) is 0 Å². The van der Waals surface area contributed by atoms with E-state index in [0.717, 1.165) is 31.6 Å². The molecule has 1 aromatic heterocycles. The summed E-state index contributed by atoms with van der Waals surface area (Å²) in [6, 6.07) is 1.78. The van der Waals surface area contributed by atoms with E-state index in [0.29, 0.717) is 24.7 Å². The van der Waals surface area contributed by atoms with Crippen LogP contribution in [0.4, 0.5) is 5.95 Å². The van der Waals surface area contributed by atoms with Crippen molar-refractivity contribution < 1.29 is 4.79 Å². The van der Waals surface area contributed by atoms with Gasteiger partial charge in [0.25, 0.3) is 5.91 Å². The molecule has 0 saturated heterocycles. The van der Waals surface area contributed by atoms with Crippen molar-refractivity contribution in [3.8, 4) is 0 Å². The van der Waals surface area contributed by atoms with Gasteiger partial charge in [0, 0.05) is 31.9 Å². The predicted octanol–water partition coefficient (Wildman–Crippen LogP) is 2.89. The van der Waals surface area contributed by atoms with Crippen LogP contribution in [0.25, 0.3) is 0 Å². The Kier molecular flexibility index (Phi) is 7.12. The molecule has 0 atom stereocenters. The SMILES string of the molecule is CCCN(CCC)c1nc(C)cc(C(=O)N(CC)CC)n1. The fourth-order valence-corrected chi connectivity index (χ4v) is 2.33. The van der Waals surface area contributed by atoms with E-state index in [-0.39, 0.29) is 5.91 Å². The first kappa shape index (κ1) is 17.4. The smallest absolute Gasteiger partial charge is 0.272 e. The van der Waals surface area contributed by atoms with Crippen LogP contribution in [-0.4, -0.2) is 47.0 Å². The Morgan fingerprint density at radius 1 is 1.05 bits per heavy atom. The number of rotatable bonds is 8. The van der Waals surface area contributed by atoms with Crippen LogP contribution in [-0.2, 0) is 0 Å². The average Bonchev–Trinajstić information content (AvgIpc) is 2.47. The number of anilines is 1. The Labute approximate surface area is 128 Å². The van der Waals surface area contributed by atoms with Gasteiger partial charge in [-0.25, -0.2) is 9.97 Å². The molecule has 0 spiro atoms. The van der Waals surface area contributed by atoms with E-state index in [1.807, 2.05) is 20.8 Å². The van der Waals surface area contributed by atoms with Crippen molar-refractivity contribution in [1.29, 1.82) is 0 Å². The first-order chi connectivity index (χ1) is 10.1. The third-order valence-electron chi connectivity index (χ3n) is 3.38. The van der Waals surface area contributed by atoms with Crippen LogP contribution in [0.5, 0.6) is 0 Å². The van der Waals surface area contributed by atoms with E-state index in [4.69, 9.17) is 0 Å². The summed E-state index contributed by atoms with van der Waals surface area (Å²) in [6.45, 7) is 13.4. The van der Waals surface area contributed by atoms with E-state index in [1.54, 1.807) is 11.0 Å². The zero-order chi connectivity index (χ0) is 15.8. The highest BCUT2D eigenvalue weighted by Crippen LogP contribution is 2.13. The van der Waals surface area contributed by atoms with Gasteiger partial charge in [-0.3, -0.25) is 4.79 Å². The van der Waals surface area contributed by atoms with Crippen LogP contribution >= 0.6 is 0 Å². The number of hydrogen-bond acceptors (Lipinski definition) is 4. The monoisotopic (exact) mass is 292 g/mol. The first-order valence-electron chi connectivity index (χ1n) is 7.97. The summed E-state index contributed by atoms with van der Waals surface area (Å²) in [5.74, 6) is 0.661. The molecule has 0 aliphatic heterocycles. The van der Waals surface area contributed by atoms with Crippen molar-refractivity contribution in [3.05, 3.63) is 17.5 Å². The second-order valence-electron chi connectivity index (χ2n) is 5.16. The molecule has 0 aliphatic rings. The second kappa shape index (κ2) is 8.60. The van der Waals surface area contributed by atoms with Crippen molar-refractivity contribution in [1.82, 2.24) is 14.9 Å². The van der Waals surface area contributed by atoms with Crippen LogP contribution in [0, 0.1) is 6.92 Å². The highest BCUT2D eigenvalue weighted by molar-refractivity contribution is 5.92. The van der Waals surface area contributed by atoms with Crippen LogP contribution in [0.3, 0.4) is 0 Å². The van der Waals surface area contributed by atoms with Crippen molar-refractivity contribution in [2.75, 3.05) is 31.1 Å². The minimum Gasteiger partial charge on any atom is -0.341 e. The first-order valence-corrected chi connectivity index (χ1v) is 7.97. The maximum Gasteiger partial charge on any atom is 0.272 e. The average molecular weight is 292 g/mol. The maximum absolute atomic E-state index is 12.5. The molecule has 118 valence electrons. The molecule has 21 heavy (non-hydrogen) atoms. The molecule has 0 fully saturated rings.